The standard InChI is InChI=1S/C14H18N2O5/c1-14(2,3)21-11(17)5-15-12(18)9-4-8-6-20-7-10(8)16-13(9)19/h4H,5-7H2,1-3H3,(H,15,18)(H,16,19). The van der Waals surface area contributed by atoms with E-state index in [-0.39, 0.29) is 12.1 Å². The minimum absolute atomic E-state index is 0.0391. The second kappa shape index (κ2) is 5.69. The number of carbonyl (C=O) groups excluding carboxylic acids is 2. The van der Waals surface area contributed by atoms with E-state index in [1.54, 1.807) is 20.8 Å². The lowest BCUT2D eigenvalue weighted by Gasteiger charge is -2.19. The molecule has 2 heterocycles. The van der Waals surface area contributed by atoms with Crippen LogP contribution in [0.1, 0.15) is 42.4 Å². The summed E-state index contributed by atoms with van der Waals surface area (Å²) in [5.74, 6) is -1.17. The second-order valence-electron chi connectivity index (χ2n) is 5.78. The van der Waals surface area contributed by atoms with Crippen LogP contribution in [0.2, 0.25) is 0 Å². The van der Waals surface area contributed by atoms with Crippen LogP contribution in [0.4, 0.5) is 0 Å². The number of hydrogen-bond donors (Lipinski definition) is 2. The lowest BCUT2D eigenvalue weighted by Crippen LogP contribution is -2.36. The van der Waals surface area contributed by atoms with Crippen LogP contribution >= 0.6 is 0 Å². The number of carbonyl (C=O) groups is 2. The van der Waals surface area contributed by atoms with Gasteiger partial charge in [0.05, 0.1) is 13.2 Å². The molecule has 0 aliphatic carbocycles. The van der Waals surface area contributed by atoms with E-state index >= 15 is 0 Å². The molecule has 1 aliphatic heterocycles. The summed E-state index contributed by atoms with van der Waals surface area (Å²) < 4.78 is 10.3. The fourth-order valence-electron chi connectivity index (χ4n) is 1.93. The van der Waals surface area contributed by atoms with E-state index in [1.807, 2.05) is 0 Å². The zero-order chi connectivity index (χ0) is 15.6. The van der Waals surface area contributed by atoms with E-state index in [1.165, 1.54) is 6.07 Å². The number of fused-ring (bicyclic) bond motifs is 1. The molecule has 0 aromatic carbocycles. The summed E-state index contributed by atoms with van der Waals surface area (Å²) >= 11 is 0. The molecule has 114 valence electrons. The first-order chi connectivity index (χ1) is 9.76. The van der Waals surface area contributed by atoms with Gasteiger partial charge < -0.3 is 19.8 Å². The van der Waals surface area contributed by atoms with Crippen molar-refractivity contribution < 1.29 is 19.1 Å². The summed E-state index contributed by atoms with van der Waals surface area (Å²) in [5.41, 5.74) is 0.300. The predicted octanol–water partition coefficient (Wildman–Crippen LogP) is 0.477. The highest BCUT2D eigenvalue weighted by Gasteiger charge is 2.20. The molecule has 0 fully saturated rings. The maximum Gasteiger partial charge on any atom is 0.325 e. The molecule has 21 heavy (non-hydrogen) atoms. The summed E-state index contributed by atoms with van der Waals surface area (Å²) in [6, 6.07) is 1.49. The lowest BCUT2D eigenvalue weighted by molar-refractivity contribution is -0.153. The molecule has 1 aliphatic rings. The smallest absolute Gasteiger partial charge is 0.325 e. The van der Waals surface area contributed by atoms with E-state index in [0.29, 0.717) is 18.9 Å². The molecule has 0 unspecified atom stereocenters. The molecular weight excluding hydrogens is 276 g/mol. The van der Waals surface area contributed by atoms with Gasteiger partial charge in [0.1, 0.15) is 17.7 Å². The Morgan fingerprint density at radius 3 is 2.76 bits per heavy atom. The first-order valence-electron chi connectivity index (χ1n) is 6.59. The van der Waals surface area contributed by atoms with Crippen molar-refractivity contribution in [2.75, 3.05) is 6.54 Å². The number of rotatable bonds is 3. The average molecular weight is 294 g/mol. The summed E-state index contributed by atoms with van der Waals surface area (Å²) in [7, 11) is 0. The minimum Gasteiger partial charge on any atom is -0.459 e. The highest BCUT2D eigenvalue weighted by Crippen LogP contribution is 2.16. The number of pyridine rings is 1. The Morgan fingerprint density at radius 1 is 1.38 bits per heavy atom. The minimum atomic E-state index is -0.621. The third-order valence-corrected chi connectivity index (χ3v) is 2.78. The quantitative estimate of drug-likeness (QED) is 0.790. The van der Waals surface area contributed by atoms with Crippen molar-refractivity contribution in [1.82, 2.24) is 10.3 Å². The maximum absolute atomic E-state index is 12.0. The van der Waals surface area contributed by atoms with Gasteiger partial charge in [0.2, 0.25) is 0 Å². The van der Waals surface area contributed by atoms with Gasteiger partial charge >= 0.3 is 5.97 Å². The van der Waals surface area contributed by atoms with Crippen LogP contribution < -0.4 is 10.9 Å². The van der Waals surface area contributed by atoms with Gasteiger partial charge in [0, 0.05) is 11.3 Å². The lowest BCUT2D eigenvalue weighted by atomic mass is 10.1. The third kappa shape index (κ3) is 3.91. The number of ether oxygens (including phenoxy) is 2. The third-order valence-electron chi connectivity index (χ3n) is 2.78. The molecule has 2 rings (SSSR count). The van der Waals surface area contributed by atoms with Gasteiger partial charge in [0.15, 0.2) is 0 Å². The molecule has 1 amide bonds. The van der Waals surface area contributed by atoms with Crippen molar-refractivity contribution in [2.45, 2.75) is 39.6 Å². The molecule has 0 atom stereocenters. The van der Waals surface area contributed by atoms with E-state index in [0.717, 1.165) is 5.56 Å². The monoisotopic (exact) mass is 294 g/mol. The zero-order valence-corrected chi connectivity index (χ0v) is 12.2. The molecule has 1 aromatic heterocycles. The van der Waals surface area contributed by atoms with Gasteiger partial charge in [-0.2, -0.15) is 0 Å². The van der Waals surface area contributed by atoms with Crippen molar-refractivity contribution in [3.05, 3.63) is 33.2 Å². The molecule has 0 spiro atoms. The molecule has 0 saturated carbocycles. The van der Waals surface area contributed by atoms with Crippen LogP contribution in [-0.4, -0.2) is 29.0 Å². The molecule has 2 N–H and O–H groups in total. The summed E-state index contributed by atoms with van der Waals surface area (Å²) in [6.07, 6.45) is 0. The number of esters is 1. The van der Waals surface area contributed by atoms with Gasteiger partial charge in [0.25, 0.3) is 11.5 Å². The predicted molar refractivity (Wildman–Crippen MR) is 73.7 cm³/mol. The summed E-state index contributed by atoms with van der Waals surface area (Å²) in [5, 5.41) is 2.38. The number of H-pyrrole nitrogens is 1. The Labute approximate surface area is 121 Å². The number of nitrogens with one attached hydrogen (secondary N) is 2. The number of aromatic amines is 1. The van der Waals surface area contributed by atoms with E-state index in [9.17, 15) is 14.4 Å². The van der Waals surface area contributed by atoms with Gasteiger partial charge in [-0.15, -0.1) is 0 Å². The molecular formula is C14H18N2O5. The van der Waals surface area contributed by atoms with Crippen LogP contribution in [0.3, 0.4) is 0 Å². The normalized spacial score (nSPS) is 13.7. The fourth-order valence-corrected chi connectivity index (χ4v) is 1.93. The van der Waals surface area contributed by atoms with Crippen LogP contribution in [0, 0.1) is 0 Å². The average Bonchev–Trinajstić information content (AvgIpc) is 2.79. The fraction of sp³-hybridized carbons (Fsp3) is 0.500. The largest absolute Gasteiger partial charge is 0.459 e. The Bertz CT molecular complexity index is 627. The zero-order valence-electron chi connectivity index (χ0n) is 12.2. The van der Waals surface area contributed by atoms with Crippen LogP contribution in [-0.2, 0) is 27.5 Å². The summed E-state index contributed by atoms with van der Waals surface area (Å²) in [4.78, 5) is 37.9. The Morgan fingerprint density at radius 2 is 2.10 bits per heavy atom. The van der Waals surface area contributed by atoms with Gasteiger partial charge in [-0.3, -0.25) is 14.4 Å². The highest BCUT2D eigenvalue weighted by molar-refractivity contribution is 5.95. The number of amides is 1. The molecule has 0 bridgehead atoms. The van der Waals surface area contributed by atoms with Crippen molar-refractivity contribution >= 4 is 11.9 Å². The van der Waals surface area contributed by atoms with Crippen LogP contribution in [0.25, 0.3) is 0 Å². The van der Waals surface area contributed by atoms with Crippen LogP contribution in [0.15, 0.2) is 10.9 Å². The highest BCUT2D eigenvalue weighted by atomic mass is 16.6. The van der Waals surface area contributed by atoms with Crippen molar-refractivity contribution in [1.29, 1.82) is 0 Å². The van der Waals surface area contributed by atoms with Gasteiger partial charge in [-0.1, -0.05) is 0 Å². The molecule has 7 nitrogen and oxygen atoms in total. The Hall–Kier alpha value is -2.15. The topological polar surface area (TPSA) is 97.5 Å². The first-order valence-corrected chi connectivity index (χ1v) is 6.59. The van der Waals surface area contributed by atoms with Crippen molar-refractivity contribution in [3.63, 3.8) is 0 Å². The summed E-state index contributed by atoms with van der Waals surface area (Å²) in [6.45, 7) is 5.61. The van der Waals surface area contributed by atoms with Gasteiger partial charge in [-0.05, 0) is 26.8 Å². The first kappa shape index (κ1) is 15.2. The Balaban J connectivity index is 2.01. The molecule has 0 radical (unpaired) electrons. The number of hydrogen-bond acceptors (Lipinski definition) is 5. The molecule has 0 saturated heterocycles. The Kier molecular flexibility index (Phi) is 4.13. The molecule has 7 heteroatoms. The SMILES string of the molecule is CC(C)(C)OC(=O)CNC(=O)c1cc2c([nH]c1=O)COC2. The second-order valence-corrected chi connectivity index (χ2v) is 5.78. The van der Waals surface area contributed by atoms with Gasteiger partial charge in [-0.25, -0.2) is 0 Å². The van der Waals surface area contributed by atoms with E-state index in [2.05, 4.69) is 10.3 Å². The maximum atomic E-state index is 12.0. The number of aromatic nitrogens is 1. The van der Waals surface area contributed by atoms with Crippen LogP contribution in [0.5, 0.6) is 0 Å². The van der Waals surface area contributed by atoms with Crippen molar-refractivity contribution in [3.8, 4) is 0 Å². The van der Waals surface area contributed by atoms with E-state index in [4.69, 9.17) is 9.47 Å². The van der Waals surface area contributed by atoms with Crippen molar-refractivity contribution in [2.24, 2.45) is 0 Å². The molecule has 1 aromatic rings. The van der Waals surface area contributed by atoms with E-state index < -0.39 is 23.0 Å².